The lowest BCUT2D eigenvalue weighted by Gasteiger charge is -2.36. The van der Waals surface area contributed by atoms with Gasteiger partial charge in [0.25, 0.3) is 0 Å². The van der Waals surface area contributed by atoms with Gasteiger partial charge in [-0.15, -0.1) is 24.0 Å². The second-order valence-corrected chi connectivity index (χ2v) is 6.15. The zero-order chi connectivity index (χ0) is 11.8. The molecule has 4 heteroatoms. The van der Waals surface area contributed by atoms with Crippen molar-refractivity contribution in [3.63, 3.8) is 0 Å². The Morgan fingerprint density at radius 1 is 1.33 bits per heavy atom. The van der Waals surface area contributed by atoms with Gasteiger partial charge < -0.3 is 10.2 Å². The molecule has 3 unspecified atom stereocenters. The molecule has 1 N–H and O–H groups in total. The Hall–Kier alpha value is 0. The highest BCUT2D eigenvalue weighted by Gasteiger charge is 2.36. The summed E-state index contributed by atoms with van der Waals surface area (Å²) in [5.41, 5.74) is 0. The van der Waals surface area contributed by atoms with E-state index in [1.807, 2.05) is 0 Å². The first-order valence-electron chi connectivity index (χ1n) is 7.35. The highest BCUT2D eigenvalue weighted by atomic mass is 127. The van der Waals surface area contributed by atoms with Gasteiger partial charge in [0.15, 0.2) is 5.96 Å². The Balaban J connectivity index is 0.00000120. The van der Waals surface area contributed by atoms with Crippen LogP contribution in [0.3, 0.4) is 0 Å². The van der Waals surface area contributed by atoms with Crippen molar-refractivity contribution < 1.29 is 0 Å². The van der Waals surface area contributed by atoms with Crippen LogP contribution in [0.5, 0.6) is 0 Å². The van der Waals surface area contributed by atoms with Crippen LogP contribution < -0.4 is 5.32 Å². The highest BCUT2D eigenvalue weighted by molar-refractivity contribution is 14.0. The smallest absolute Gasteiger partial charge is 0.194 e. The Kier molecular flexibility index (Phi) is 4.78. The maximum atomic E-state index is 4.74. The standard InChI is InChI=1S/C14H25N3.HI/c1-3-13(11-5-6-11)16-14-15-8-12-7-4-10(2)9-17(12)14;/h10-13H,3-9H2,1-2H3,(H,15,16);1H. The Morgan fingerprint density at radius 2 is 2.11 bits per heavy atom. The van der Waals surface area contributed by atoms with E-state index in [4.69, 9.17) is 4.99 Å². The first kappa shape index (κ1) is 14.4. The van der Waals surface area contributed by atoms with Gasteiger partial charge in [-0.1, -0.05) is 13.8 Å². The quantitative estimate of drug-likeness (QED) is 0.781. The minimum atomic E-state index is 0. The number of piperidine rings is 1. The molecule has 104 valence electrons. The SMILES string of the molecule is CCC(NC1=NCC2CCC(C)CN12)C1CC1.I. The summed E-state index contributed by atoms with van der Waals surface area (Å²) in [5, 5.41) is 3.72. The van der Waals surface area contributed by atoms with Gasteiger partial charge in [0.1, 0.15) is 0 Å². The van der Waals surface area contributed by atoms with E-state index < -0.39 is 0 Å². The number of halogens is 1. The third-order valence-corrected chi connectivity index (χ3v) is 4.61. The fourth-order valence-corrected chi connectivity index (χ4v) is 3.29. The van der Waals surface area contributed by atoms with Gasteiger partial charge in [-0.3, -0.25) is 4.99 Å². The third-order valence-electron chi connectivity index (χ3n) is 4.61. The fraction of sp³-hybridized carbons (Fsp3) is 0.929. The summed E-state index contributed by atoms with van der Waals surface area (Å²) in [6, 6.07) is 1.37. The average Bonchev–Trinajstić information content (AvgIpc) is 3.09. The molecule has 1 saturated heterocycles. The van der Waals surface area contributed by atoms with Crippen molar-refractivity contribution in [1.82, 2.24) is 10.2 Å². The van der Waals surface area contributed by atoms with Crippen LogP contribution in [0.1, 0.15) is 46.0 Å². The molecule has 2 fully saturated rings. The first-order valence-corrected chi connectivity index (χ1v) is 7.35. The summed E-state index contributed by atoms with van der Waals surface area (Å²) >= 11 is 0. The van der Waals surface area contributed by atoms with E-state index in [0.29, 0.717) is 12.1 Å². The first-order chi connectivity index (χ1) is 8.28. The van der Waals surface area contributed by atoms with Crippen LogP contribution in [0.4, 0.5) is 0 Å². The van der Waals surface area contributed by atoms with Crippen molar-refractivity contribution >= 4 is 29.9 Å². The third kappa shape index (κ3) is 2.94. The molecule has 0 aromatic rings. The Morgan fingerprint density at radius 3 is 2.78 bits per heavy atom. The van der Waals surface area contributed by atoms with E-state index in [-0.39, 0.29) is 24.0 Å². The maximum Gasteiger partial charge on any atom is 0.194 e. The van der Waals surface area contributed by atoms with Crippen molar-refractivity contribution in [3.05, 3.63) is 0 Å². The topological polar surface area (TPSA) is 27.6 Å². The van der Waals surface area contributed by atoms with Crippen LogP contribution >= 0.6 is 24.0 Å². The number of rotatable bonds is 3. The van der Waals surface area contributed by atoms with Crippen molar-refractivity contribution in [2.24, 2.45) is 16.8 Å². The lowest BCUT2D eigenvalue weighted by Crippen LogP contribution is -2.51. The van der Waals surface area contributed by atoms with Crippen LogP contribution in [0, 0.1) is 11.8 Å². The molecule has 0 radical (unpaired) electrons. The molecule has 3 nitrogen and oxygen atoms in total. The molecule has 0 aromatic heterocycles. The van der Waals surface area contributed by atoms with Gasteiger partial charge in [0, 0.05) is 12.6 Å². The largest absolute Gasteiger partial charge is 0.353 e. The van der Waals surface area contributed by atoms with Gasteiger partial charge >= 0.3 is 0 Å². The molecule has 0 bridgehead atoms. The maximum absolute atomic E-state index is 4.74. The predicted molar refractivity (Wildman–Crippen MR) is 86.5 cm³/mol. The number of nitrogens with one attached hydrogen (secondary N) is 1. The molecule has 2 heterocycles. The Bertz CT molecular complexity index is 314. The van der Waals surface area contributed by atoms with Gasteiger partial charge in [0.05, 0.1) is 12.6 Å². The molecule has 0 spiro atoms. The van der Waals surface area contributed by atoms with E-state index in [0.717, 1.165) is 18.4 Å². The second-order valence-electron chi connectivity index (χ2n) is 6.15. The van der Waals surface area contributed by atoms with Crippen LogP contribution in [0.25, 0.3) is 0 Å². The van der Waals surface area contributed by atoms with E-state index >= 15 is 0 Å². The minimum absolute atomic E-state index is 0. The number of aliphatic imine (C=N–C) groups is 1. The molecule has 1 saturated carbocycles. The molecule has 3 rings (SSSR count). The molecular formula is C14H26IN3. The van der Waals surface area contributed by atoms with E-state index in [9.17, 15) is 0 Å². The van der Waals surface area contributed by atoms with Gasteiger partial charge in [-0.05, 0) is 43.9 Å². The lowest BCUT2D eigenvalue weighted by molar-refractivity contribution is 0.209. The summed E-state index contributed by atoms with van der Waals surface area (Å²) in [4.78, 5) is 7.28. The van der Waals surface area contributed by atoms with Gasteiger partial charge in [-0.2, -0.15) is 0 Å². The van der Waals surface area contributed by atoms with Crippen molar-refractivity contribution in [1.29, 1.82) is 0 Å². The molecule has 0 amide bonds. The monoisotopic (exact) mass is 363 g/mol. The summed E-state index contributed by atoms with van der Waals surface area (Å²) in [7, 11) is 0. The predicted octanol–water partition coefficient (Wildman–Crippen LogP) is 2.85. The van der Waals surface area contributed by atoms with Crippen molar-refractivity contribution in [2.75, 3.05) is 13.1 Å². The molecule has 2 aliphatic heterocycles. The average molecular weight is 363 g/mol. The lowest BCUT2D eigenvalue weighted by atomic mass is 9.95. The molecular weight excluding hydrogens is 337 g/mol. The molecule has 3 aliphatic rings. The van der Waals surface area contributed by atoms with E-state index in [1.54, 1.807) is 0 Å². The van der Waals surface area contributed by atoms with E-state index in [2.05, 4.69) is 24.1 Å². The van der Waals surface area contributed by atoms with Crippen LogP contribution in [-0.2, 0) is 0 Å². The fourth-order valence-electron chi connectivity index (χ4n) is 3.29. The summed E-state index contributed by atoms with van der Waals surface area (Å²) in [6.45, 7) is 6.89. The summed E-state index contributed by atoms with van der Waals surface area (Å²) < 4.78 is 0. The van der Waals surface area contributed by atoms with Crippen LogP contribution in [-0.4, -0.2) is 36.0 Å². The van der Waals surface area contributed by atoms with Crippen LogP contribution in [0.15, 0.2) is 4.99 Å². The number of hydrogen-bond donors (Lipinski definition) is 1. The van der Waals surface area contributed by atoms with Gasteiger partial charge in [-0.25, -0.2) is 0 Å². The number of fused-ring (bicyclic) bond motifs is 1. The zero-order valence-corrected chi connectivity index (χ0v) is 13.9. The Labute approximate surface area is 128 Å². The molecule has 18 heavy (non-hydrogen) atoms. The van der Waals surface area contributed by atoms with E-state index in [1.165, 1.54) is 44.6 Å². The molecule has 1 aliphatic carbocycles. The second kappa shape index (κ2) is 5.97. The summed E-state index contributed by atoms with van der Waals surface area (Å²) in [6.07, 6.45) is 6.77. The van der Waals surface area contributed by atoms with Gasteiger partial charge in [0.2, 0.25) is 0 Å². The van der Waals surface area contributed by atoms with Crippen LogP contribution in [0.2, 0.25) is 0 Å². The minimum Gasteiger partial charge on any atom is -0.353 e. The van der Waals surface area contributed by atoms with Crippen molar-refractivity contribution in [3.8, 4) is 0 Å². The zero-order valence-electron chi connectivity index (χ0n) is 11.6. The number of nitrogens with zero attached hydrogens (tertiary/aromatic N) is 2. The normalized spacial score (nSPS) is 32.3. The highest BCUT2D eigenvalue weighted by Crippen LogP contribution is 2.34. The molecule has 0 aromatic carbocycles. The molecule has 3 atom stereocenters. The summed E-state index contributed by atoms with van der Waals surface area (Å²) in [5.74, 6) is 2.96. The van der Waals surface area contributed by atoms with Crippen molar-refractivity contribution in [2.45, 2.75) is 58.0 Å². The number of guanidine groups is 1. The number of hydrogen-bond acceptors (Lipinski definition) is 3.